The summed E-state index contributed by atoms with van der Waals surface area (Å²) in [7, 11) is 4.10. The Labute approximate surface area is 129 Å². The predicted octanol–water partition coefficient (Wildman–Crippen LogP) is 4.05. The second-order valence-electron chi connectivity index (χ2n) is 6.57. The van der Waals surface area contributed by atoms with E-state index in [2.05, 4.69) is 49.1 Å². The van der Waals surface area contributed by atoms with Gasteiger partial charge in [-0.25, -0.2) is 9.97 Å². The van der Waals surface area contributed by atoms with Crippen molar-refractivity contribution in [3.63, 3.8) is 0 Å². The van der Waals surface area contributed by atoms with E-state index in [-0.39, 0.29) is 0 Å². The van der Waals surface area contributed by atoms with Gasteiger partial charge in [0.25, 0.3) is 0 Å². The van der Waals surface area contributed by atoms with Gasteiger partial charge in [-0.3, -0.25) is 0 Å². The highest BCUT2D eigenvalue weighted by Gasteiger charge is 2.24. The Balaban J connectivity index is 2.15. The van der Waals surface area contributed by atoms with E-state index in [1.807, 2.05) is 7.05 Å². The van der Waals surface area contributed by atoms with Gasteiger partial charge in [0.15, 0.2) is 0 Å². The van der Waals surface area contributed by atoms with Crippen molar-refractivity contribution in [2.24, 2.45) is 5.92 Å². The third-order valence-corrected chi connectivity index (χ3v) is 4.81. The number of hydrogen-bond acceptors (Lipinski definition) is 4. The maximum atomic E-state index is 4.77. The minimum absolute atomic E-state index is 0.348. The van der Waals surface area contributed by atoms with E-state index >= 15 is 0 Å². The van der Waals surface area contributed by atoms with Crippen molar-refractivity contribution >= 4 is 11.6 Å². The van der Waals surface area contributed by atoms with E-state index < -0.39 is 0 Å². The average Bonchev–Trinajstić information content (AvgIpc) is 2.53. The van der Waals surface area contributed by atoms with Crippen molar-refractivity contribution in [2.45, 2.75) is 64.8 Å². The van der Waals surface area contributed by atoms with Crippen LogP contribution in [0.15, 0.2) is 6.07 Å². The summed E-state index contributed by atoms with van der Waals surface area (Å²) in [6, 6.07) is 2.69. The normalized spacial score (nSPS) is 22.4. The lowest BCUT2D eigenvalue weighted by molar-refractivity contribution is 0.313. The van der Waals surface area contributed by atoms with Crippen LogP contribution in [0.5, 0.6) is 0 Å². The van der Waals surface area contributed by atoms with E-state index in [9.17, 15) is 0 Å². The quantitative estimate of drug-likeness (QED) is 0.888. The molecule has 1 aromatic heterocycles. The molecule has 2 rings (SSSR count). The molecule has 0 saturated heterocycles. The van der Waals surface area contributed by atoms with Gasteiger partial charge in [0.05, 0.1) is 0 Å². The van der Waals surface area contributed by atoms with Gasteiger partial charge in [0.1, 0.15) is 17.5 Å². The number of hydrogen-bond donors (Lipinski definition) is 1. The summed E-state index contributed by atoms with van der Waals surface area (Å²) in [5.41, 5.74) is 0. The third kappa shape index (κ3) is 3.86. The molecule has 1 aliphatic rings. The molecule has 4 heteroatoms. The molecule has 1 N–H and O–H groups in total. The van der Waals surface area contributed by atoms with Crippen molar-refractivity contribution in [3.05, 3.63) is 11.9 Å². The van der Waals surface area contributed by atoms with Crippen LogP contribution in [0.25, 0.3) is 0 Å². The molecule has 0 bridgehead atoms. The van der Waals surface area contributed by atoms with Crippen LogP contribution in [-0.4, -0.2) is 30.1 Å². The summed E-state index contributed by atoms with van der Waals surface area (Å²) in [5.74, 6) is 4.17. The second kappa shape index (κ2) is 7.10. The number of anilines is 2. The van der Waals surface area contributed by atoms with Crippen LogP contribution >= 0.6 is 0 Å². The monoisotopic (exact) mass is 290 g/mol. The van der Waals surface area contributed by atoms with E-state index in [1.54, 1.807) is 0 Å². The maximum absolute atomic E-state index is 4.77. The Morgan fingerprint density at radius 3 is 2.43 bits per heavy atom. The van der Waals surface area contributed by atoms with Gasteiger partial charge in [0, 0.05) is 32.1 Å². The summed E-state index contributed by atoms with van der Waals surface area (Å²) in [5, 5.41) is 3.16. The molecule has 21 heavy (non-hydrogen) atoms. The van der Waals surface area contributed by atoms with Crippen molar-refractivity contribution in [1.82, 2.24) is 9.97 Å². The molecule has 1 aromatic rings. The fourth-order valence-electron chi connectivity index (χ4n) is 3.15. The molecule has 1 aliphatic carbocycles. The standard InChI is InChI=1S/C17H30N4/c1-6-13-7-9-14(10-8-13)21(5)16-11-15(18-4)19-17(20-16)12(2)3/h11-14H,6-10H2,1-5H3,(H,18,19,20). The summed E-state index contributed by atoms with van der Waals surface area (Å²) in [6.07, 6.45) is 6.60. The topological polar surface area (TPSA) is 41.0 Å². The fraction of sp³-hybridized carbons (Fsp3) is 0.765. The molecule has 0 unspecified atom stereocenters. The minimum atomic E-state index is 0.348. The zero-order valence-electron chi connectivity index (χ0n) is 14.2. The molecule has 0 amide bonds. The molecule has 0 aromatic carbocycles. The van der Waals surface area contributed by atoms with Crippen molar-refractivity contribution < 1.29 is 0 Å². The van der Waals surface area contributed by atoms with Crippen LogP contribution in [0.3, 0.4) is 0 Å². The highest BCUT2D eigenvalue weighted by atomic mass is 15.2. The summed E-state index contributed by atoms with van der Waals surface area (Å²) in [6.45, 7) is 6.60. The molecular weight excluding hydrogens is 260 g/mol. The van der Waals surface area contributed by atoms with Gasteiger partial charge in [-0.2, -0.15) is 0 Å². The highest BCUT2D eigenvalue weighted by Crippen LogP contribution is 2.31. The first-order valence-corrected chi connectivity index (χ1v) is 8.34. The minimum Gasteiger partial charge on any atom is -0.373 e. The Kier molecular flexibility index (Phi) is 5.43. The van der Waals surface area contributed by atoms with Crippen LogP contribution < -0.4 is 10.2 Å². The number of aromatic nitrogens is 2. The maximum Gasteiger partial charge on any atom is 0.135 e. The largest absolute Gasteiger partial charge is 0.373 e. The molecule has 0 atom stereocenters. The SMILES string of the molecule is CCC1CCC(N(C)c2cc(NC)nc(C(C)C)n2)CC1. The van der Waals surface area contributed by atoms with Gasteiger partial charge in [-0.1, -0.05) is 27.2 Å². The lowest BCUT2D eigenvalue weighted by Gasteiger charge is -2.35. The molecule has 0 radical (unpaired) electrons. The van der Waals surface area contributed by atoms with E-state index in [0.29, 0.717) is 12.0 Å². The molecular formula is C17H30N4. The molecule has 1 heterocycles. The van der Waals surface area contributed by atoms with E-state index in [0.717, 1.165) is 23.4 Å². The summed E-state index contributed by atoms with van der Waals surface area (Å²) in [4.78, 5) is 11.7. The lowest BCUT2D eigenvalue weighted by atomic mass is 9.84. The first-order valence-electron chi connectivity index (χ1n) is 8.34. The fourth-order valence-corrected chi connectivity index (χ4v) is 3.15. The Bertz CT molecular complexity index is 450. The number of rotatable bonds is 5. The Morgan fingerprint density at radius 2 is 1.90 bits per heavy atom. The predicted molar refractivity (Wildman–Crippen MR) is 90.1 cm³/mol. The molecule has 118 valence electrons. The first kappa shape index (κ1) is 16.1. The number of nitrogens with one attached hydrogen (secondary N) is 1. The highest BCUT2D eigenvalue weighted by molar-refractivity contribution is 5.49. The van der Waals surface area contributed by atoms with Crippen LogP contribution in [0.1, 0.15) is 64.6 Å². The van der Waals surface area contributed by atoms with E-state index in [1.165, 1.54) is 32.1 Å². The second-order valence-corrected chi connectivity index (χ2v) is 6.57. The smallest absolute Gasteiger partial charge is 0.135 e. The van der Waals surface area contributed by atoms with Crippen molar-refractivity contribution in [2.75, 3.05) is 24.3 Å². The van der Waals surface area contributed by atoms with Gasteiger partial charge in [-0.15, -0.1) is 0 Å². The van der Waals surface area contributed by atoms with Crippen molar-refractivity contribution in [3.8, 4) is 0 Å². The molecule has 1 saturated carbocycles. The Morgan fingerprint density at radius 1 is 1.24 bits per heavy atom. The van der Waals surface area contributed by atoms with Gasteiger partial charge >= 0.3 is 0 Å². The molecule has 4 nitrogen and oxygen atoms in total. The summed E-state index contributed by atoms with van der Waals surface area (Å²) >= 11 is 0. The molecule has 0 spiro atoms. The third-order valence-electron chi connectivity index (χ3n) is 4.81. The molecule has 1 fully saturated rings. The van der Waals surface area contributed by atoms with Crippen LogP contribution in [0.2, 0.25) is 0 Å². The first-order chi connectivity index (χ1) is 10.0. The zero-order chi connectivity index (χ0) is 15.4. The zero-order valence-corrected chi connectivity index (χ0v) is 14.2. The van der Waals surface area contributed by atoms with Crippen LogP contribution in [0.4, 0.5) is 11.6 Å². The van der Waals surface area contributed by atoms with Gasteiger partial charge < -0.3 is 10.2 Å². The van der Waals surface area contributed by atoms with E-state index in [4.69, 9.17) is 4.98 Å². The van der Waals surface area contributed by atoms with Gasteiger partial charge in [0.2, 0.25) is 0 Å². The lowest BCUT2D eigenvalue weighted by Crippen LogP contribution is -2.36. The molecule has 0 aliphatic heterocycles. The van der Waals surface area contributed by atoms with Crippen LogP contribution in [-0.2, 0) is 0 Å². The van der Waals surface area contributed by atoms with Gasteiger partial charge in [-0.05, 0) is 31.6 Å². The van der Waals surface area contributed by atoms with Crippen molar-refractivity contribution in [1.29, 1.82) is 0 Å². The van der Waals surface area contributed by atoms with Crippen LogP contribution in [0, 0.1) is 5.92 Å². The summed E-state index contributed by atoms with van der Waals surface area (Å²) < 4.78 is 0. The number of nitrogens with zero attached hydrogens (tertiary/aromatic N) is 3. The average molecular weight is 290 g/mol. The Hall–Kier alpha value is -1.32.